The summed E-state index contributed by atoms with van der Waals surface area (Å²) in [4.78, 5) is 0. The van der Waals surface area contributed by atoms with Crippen LogP contribution in [0.4, 0.5) is 0 Å². The van der Waals surface area contributed by atoms with E-state index < -0.39 is 0 Å². The van der Waals surface area contributed by atoms with Crippen LogP contribution in [0.3, 0.4) is 0 Å². The van der Waals surface area contributed by atoms with Gasteiger partial charge in [0.05, 0.1) is 5.69 Å². The highest BCUT2D eigenvalue weighted by Gasteiger charge is 2.28. The number of hydrogen-bond donors (Lipinski definition) is 0. The van der Waals surface area contributed by atoms with E-state index in [1.807, 2.05) is 0 Å². The molecule has 2 rings (SSSR count). The van der Waals surface area contributed by atoms with Gasteiger partial charge in [-0.1, -0.05) is 13.8 Å². The molecule has 0 bridgehead atoms. The molecule has 0 aromatic carbocycles. The smallest absolute Gasteiger partial charge is 0.129 e. The maximum absolute atomic E-state index is 4.24. The van der Waals surface area contributed by atoms with Gasteiger partial charge in [-0.3, -0.25) is 0 Å². The molecule has 0 aliphatic heterocycles. The van der Waals surface area contributed by atoms with E-state index in [0.717, 1.165) is 10.5 Å². The summed E-state index contributed by atoms with van der Waals surface area (Å²) in [6.07, 6.45) is 2.63. The van der Waals surface area contributed by atoms with Gasteiger partial charge < -0.3 is 0 Å². The Balaban J connectivity index is 2.42. The summed E-state index contributed by atoms with van der Waals surface area (Å²) in [6.45, 7) is 4.34. The predicted molar refractivity (Wildman–Crippen MR) is 55.8 cm³/mol. The van der Waals surface area contributed by atoms with Crippen LogP contribution in [0.2, 0.25) is 0 Å². The van der Waals surface area contributed by atoms with Crippen LogP contribution in [0.1, 0.15) is 49.8 Å². The van der Waals surface area contributed by atoms with Gasteiger partial charge >= 0.3 is 0 Å². The second-order valence-corrected chi connectivity index (χ2v) is 4.75. The Labute approximate surface area is 86.9 Å². The van der Waals surface area contributed by atoms with E-state index in [9.17, 15) is 0 Å². The van der Waals surface area contributed by atoms with Crippen molar-refractivity contribution in [1.29, 1.82) is 0 Å². The third kappa shape index (κ3) is 1.90. The zero-order valence-corrected chi connectivity index (χ0v) is 9.50. The van der Waals surface area contributed by atoms with E-state index in [2.05, 4.69) is 46.0 Å². The zero-order chi connectivity index (χ0) is 9.42. The topological polar surface area (TPSA) is 25.8 Å². The lowest BCUT2D eigenvalue weighted by Crippen LogP contribution is -2.01. The van der Waals surface area contributed by atoms with Crippen LogP contribution in [0.25, 0.3) is 0 Å². The maximum atomic E-state index is 4.24. The van der Waals surface area contributed by atoms with Gasteiger partial charge in [-0.05, 0) is 52.2 Å². The van der Waals surface area contributed by atoms with Gasteiger partial charge in [0, 0.05) is 0 Å². The van der Waals surface area contributed by atoms with Crippen molar-refractivity contribution in [3.8, 4) is 0 Å². The Morgan fingerprint density at radius 3 is 2.62 bits per heavy atom. The van der Waals surface area contributed by atoms with Crippen molar-refractivity contribution in [3.63, 3.8) is 0 Å². The fourth-order valence-electron chi connectivity index (χ4n) is 1.56. The minimum absolute atomic E-state index is 0.483. The molecule has 1 aromatic heterocycles. The van der Waals surface area contributed by atoms with E-state index in [1.165, 1.54) is 24.1 Å². The normalized spacial score (nSPS) is 16.6. The molecule has 1 heterocycles. The second kappa shape index (κ2) is 3.37. The third-order valence-electron chi connectivity index (χ3n) is 2.39. The molecule has 1 saturated carbocycles. The fourth-order valence-corrected chi connectivity index (χ4v) is 1.89. The van der Waals surface area contributed by atoms with Crippen molar-refractivity contribution in [1.82, 2.24) is 10.2 Å². The second-order valence-electron chi connectivity index (χ2n) is 3.94. The van der Waals surface area contributed by atoms with Crippen molar-refractivity contribution in [3.05, 3.63) is 21.9 Å². The first-order valence-corrected chi connectivity index (χ1v) is 5.51. The lowest BCUT2D eigenvalue weighted by Gasteiger charge is -2.09. The van der Waals surface area contributed by atoms with Gasteiger partial charge in [0.25, 0.3) is 0 Å². The van der Waals surface area contributed by atoms with Crippen LogP contribution in [0.5, 0.6) is 0 Å². The summed E-state index contributed by atoms with van der Waals surface area (Å²) >= 11 is 3.37. The zero-order valence-electron chi connectivity index (χ0n) is 7.92. The highest BCUT2D eigenvalue weighted by molar-refractivity contribution is 9.10. The first kappa shape index (κ1) is 9.13. The molecule has 0 saturated heterocycles. The van der Waals surface area contributed by atoms with E-state index in [-0.39, 0.29) is 0 Å². The van der Waals surface area contributed by atoms with Crippen LogP contribution < -0.4 is 0 Å². The van der Waals surface area contributed by atoms with Gasteiger partial charge in [0.1, 0.15) is 4.60 Å². The summed E-state index contributed by atoms with van der Waals surface area (Å²) in [5.74, 6) is 1.24. The Bertz CT molecular complexity index is 319. The van der Waals surface area contributed by atoms with Crippen LogP contribution in [-0.4, -0.2) is 10.2 Å². The standard InChI is InChI=1S/C10H13BrN2/c1-6(2)10-8(7-3-4-7)5-9(11)12-13-10/h5-7H,3-4H2,1-2H3. The van der Waals surface area contributed by atoms with E-state index in [1.54, 1.807) is 0 Å². The minimum atomic E-state index is 0.483. The highest BCUT2D eigenvalue weighted by atomic mass is 79.9. The van der Waals surface area contributed by atoms with Crippen LogP contribution >= 0.6 is 15.9 Å². The number of nitrogens with zero attached hydrogens (tertiary/aromatic N) is 2. The molecule has 3 heteroatoms. The summed E-state index contributed by atoms with van der Waals surface area (Å²) in [5.41, 5.74) is 2.57. The van der Waals surface area contributed by atoms with E-state index >= 15 is 0 Å². The molecular weight excluding hydrogens is 228 g/mol. The summed E-state index contributed by atoms with van der Waals surface area (Å²) < 4.78 is 0.860. The molecule has 0 unspecified atom stereocenters. The third-order valence-corrected chi connectivity index (χ3v) is 2.78. The Morgan fingerprint density at radius 2 is 2.08 bits per heavy atom. The lowest BCUT2D eigenvalue weighted by atomic mass is 10.0. The average Bonchev–Trinajstić information content (AvgIpc) is 2.85. The van der Waals surface area contributed by atoms with Gasteiger partial charge in [-0.2, -0.15) is 5.10 Å². The number of aromatic nitrogens is 2. The number of halogens is 1. The Kier molecular flexibility index (Phi) is 2.37. The quantitative estimate of drug-likeness (QED) is 0.794. The van der Waals surface area contributed by atoms with E-state index in [0.29, 0.717) is 5.92 Å². The first-order valence-electron chi connectivity index (χ1n) is 4.71. The summed E-state index contributed by atoms with van der Waals surface area (Å²) in [7, 11) is 0. The highest BCUT2D eigenvalue weighted by Crippen LogP contribution is 2.43. The number of hydrogen-bond acceptors (Lipinski definition) is 2. The van der Waals surface area contributed by atoms with Gasteiger partial charge in [0.2, 0.25) is 0 Å². The molecule has 0 N–H and O–H groups in total. The van der Waals surface area contributed by atoms with Crippen molar-refractivity contribution in [2.24, 2.45) is 0 Å². The van der Waals surface area contributed by atoms with E-state index in [4.69, 9.17) is 0 Å². The molecule has 0 radical (unpaired) electrons. The minimum Gasteiger partial charge on any atom is -0.154 e. The fraction of sp³-hybridized carbons (Fsp3) is 0.600. The summed E-state index contributed by atoms with van der Waals surface area (Å²) in [6, 6.07) is 2.12. The van der Waals surface area contributed by atoms with Gasteiger partial charge in [-0.25, -0.2) is 0 Å². The molecular formula is C10H13BrN2. The predicted octanol–water partition coefficient (Wildman–Crippen LogP) is 3.24. The van der Waals surface area contributed by atoms with Crippen molar-refractivity contribution in [2.75, 3.05) is 0 Å². The Hall–Kier alpha value is -0.440. The molecule has 2 nitrogen and oxygen atoms in total. The molecule has 0 amide bonds. The monoisotopic (exact) mass is 240 g/mol. The maximum Gasteiger partial charge on any atom is 0.129 e. The SMILES string of the molecule is CC(C)c1nnc(Br)cc1C1CC1. The molecule has 1 aliphatic rings. The molecule has 0 spiro atoms. The van der Waals surface area contributed by atoms with Gasteiger partial charge in [-0.15, -0.1) is 5.10 Å². The molecule has 70 valence electrons. The average molecular weight is 241 g/mol. The number of rotatable bonds is 2. The molecule has 1 aromatic rings. The van der Waals surface area contributed by atoms with Crippen molar-refractivity contribution >= 4 is 15.9 Å². The molecule has 1 fully saturated rings. The molecule has 13 heavy (non-hydrogen) atoms. The van der Waals surface area contributed by atoms with Crippen molar-refractivity contribution in [2.45, 2.75) is 38.5 Å². The molecule has 0 atom stereocenters. The van der Waals surface area contributed by atoms with Crippen LogP contribution in [-0.2, 0) is 0 Å². The largest absolute Gasteiger partial charge is 0.154 e. The van der Waals surface area contributed by atoms with Crippen molar-refractivity contribution < 1.29 is 0 Å². The Morgan fingerprint density at radius 1 is 1.38 bits per heavy atom. The lowest BCUT2D eigenvalue weighted by molar-refractivity contribution is 0.755. The summed E-state index contributed by atoms with van der Waals surface area (Å²) in [5, 5.41) is 8.28. The molecule has 1 aliphatic carbocycles. The van der Waals surface area contributed by atoms with Crippen LogP contribution in [0, 0.1) is 0 Å². The van der Waals surface area contributed by atoms with Gasteiger partial charge in [0.15, 0.2) is 0 Å². The van der Waals surface area contributed by atoms with Crippen LogP contribution in [0.15, 0.2) is 10.7 Å². The first-order chi connectivity index (χ1) is 6.18.